The number of carbonyl (C=O) groups excluding carboxylic acids is 1. The lowest BCUT2D eigenvalue weighted by Crippen LogP contribution is -2.34. The zero-order chi connectivity index (χ0) is 29.6. The molecule has 1 saturated heterocycles. The van der Waals surface area contributed by atoms with Crippen LogP contribution in [0.2, 0.25) is 0 Å². The highest BCUT2D eigenvalue weighted by atomic mass is 32.2. The topological polar surface area (TPSA) is 45.6 Å². The molecule has 0 aliphatic carbocycles. The van der Waals surface area contributed by atoms with Crippen molar-refractivity contribution >= 4 is 78.9 Å². The van der Waals surface area contributed by atoms with E-state index in [1.54, 1.807) is 21.2 Å². The first-order valence-corrected chi connectivity index (χ1v) is 17.3. The van der Waals surface area contributed by atoms with Gasteiger partial charge in [0.2, 0.25) is 0 Å². The third kappa shape index (κ3) is 6.25. The molecule has 5 nitrogen and oxygen atoms in total. The van der Waals surface area contributed by atoms with E-state index >= 15 is 0 Å². The van der Waals surface area contributed by atoms with Crippen LogP contribution in [-0.4, -0.2) is 37.7 Å². The van der Waals surface area contributed by atoms with Crippen LogP contribution in [0, 0.1) is 0 Å². The van der Waals surface area contributed by atoms with Crippen LogP contribution in [0.5, 0.6) is 0 Å². The molecule has 0 bridgehead atoms. The number of aromatic nitrogens is 1. The smallest absolute Gasteiger partial charge is 0.269 e. The van der Waals surface area contributed by atoms with Crippen molar-refractivity contribution in [2.45, 2.75) is 53.0 Å². The molecule has 1 fully saturated rings. The lowest BCUT2D eigenvalue weighted by Gasteiger charge is -2.21. The van der Waals surface area contributed by atoms with Gasteiger partial charge in [0.1, 0.15) is 13.9 Å². The fraction of sp³-hybridized carbons (Fsp3) is 0.303. The molecule has 1 aromatic heterocycles. The summed E-state index contributed by atoms with van der Waals surface area (Å²) in [5.74, 6) is -0.0810. The number of thioether (sulfide) groups is 2. The Morgan fingerprint density at radius 2 is 1.40 bits per heavy atom. The quantitative estimate of drug-likeness (QED) is 0.232. The molecule has 1 amide bonds. The van der Waals surface area contributed by atoms with Crippen LogP contribution in [-0.2, 0) is 11.3 Å². The molecule has 2 aliphatic rings. The van der Waals surface area contributed by atoms with E-state index in [0.29, 0.717) is 31.5 Å². The Morgan fingerprint density at radius 1 is 0.762 bits per heavy atom. The molecule has 3 aromatic rings. The summed E-state index contributed by atoms with van der Waals surface area (Å²) in [5.41, 5.74) is 3.45. The van der Waals surface area contributed by atoms with Gasteiger partial charge in [-0.05, 0) is 43.0 Å². The van der Waals surface area contributed by atoms with Crippen LogP contribution < -0.4 is 14.8 Å². The molecule has 5 rings (SSSR count). The van der Waals surface area contributed by atoms with E-state index in [0.717, 1.165) is 42.8 Å². The number of amides is 1. The second kappa shape index (κ2) is 14.1. The van der Waals surface area contributed by atoms with Crippen LogP contribution in [0.25, 0.3) is 21.6 Å². The second-order valence-corrected chi connectivity index (χ2v) is 13.7. The van der Waals surface area contributed by atoms with Crippen molar-refractivity contribution in [1.82, 2.24) is 14.4 Å². The number of rotatable bonds is 10. The molecule has 0 saturated carbocycles. The zero-order valence-electron chi connectivity index (χ0n) is 24.2. The van der Waals surface area contributed by atoms with Crippen LogP contribution >= 0.6 is 47.1 Å². The highest BCUT2D eigenvalue weighted by Gasteiger charge is 2.34. The van der Waals surface area contributed by atoms with Crippen LogP contribution in [0.1, 0.15) is 57.6 Å². The SMILES string of the molecule is CCCCN1C(=O)C(=c2sc(=CC=C3SC(c4ccccc4)=C(c4ccccc4)N3CC)c(=O)n2CCCC)SC1=S. The standard InChI is InChI=1S/C33H35N3O2S4/c1-4-7-21-35-30(37)25(40-32(35)29-31(38)36(22-8-5-2)33(39)42-29)19-20-26-34(6-3)27(23-15-11-9-12-16-23)28(41-26)24-17-13-10-14-18-24/h9-20H,4-8,21-22H2,1-3H3. The Morgan fingerprint density at radius 3 is 2.05 bits per heavy atom. The van der Waals surface area contributed by atoms with Crippen molar-refractivity contribution in [3.05, 3.63) is 102 Å². The zero-order valence-corrected chi connectivity index (χ0v) is 27.4. The summed E-state index contributed by atoms with van der Waals surface area (Å²) in [6.45, 7) is 8.35. The minimum Gasteiger partial charge on any atom is -0.335 e. The maximum absolute atomic E-state index is 13.7. The van der Waals surface area contributed by atoms with Crippen molar-refractivity contribution in [2.75, 3.05) is 13.1 Å². The Labute approximate surface area is 265 Å². The molecule has 0 unspecified atom stereocenters. The fourth-order valence-corrected chi connectivity index (χ4v) is 8.74. The van der Waals surface area contributed by atoms with E-state index in [4.69, 9.17) is 12.2 Å². The van der Waals surface area contributed by atoms with E-state index in [9.17, 15) is 9.59 Å². The summed E-state index contributed by atoms with van der Waals surface area (Å²) in [6.07, 6.45) is 7.69. The Bertz CT molecular complexity index is 1700. The number of benzene rings is 2. The van der Waals surface area contributed by atoms with E-state index in [1.165, 1.54) is 39.3 Å². The second-order valence-electron chi connectivity index (χ2n) is 10.0. The average Bonchev–Trinajstić information content (AvgIpc) is 3.64. The summed E-state index contributed by atoms with van der Waals surface area (Å²) < 4.78 is 3.70. The minimum absolute atomic E-state index is 0.0512. The van der Waals surface area contributed by atoms with Gasteiger partial charge >= 0.3 is 0 Å². The highest BCUT2D eigenvalue weighted by Crippen LogP contribution is 2.50. The number of unbranched alkanes of at least 4 members (excludes halogenated alkanes) is 2. The third-order valence-corrected chi connectivity index (χ3v) is 11.1. The van der Waals surface area contributed by atoms with Crippen LogP contribution in [0.3, 0.4) is 0 Å². The van der Waals surface area contributed by atoms with Gasteiger partial charge in [-0.15, -0.1) is 11.3 Å². The number of hydrogen-bond donors (Lipinski definition) is 0. The molecule has 2 aliphatic heterocycles. The fourth-order valence-electron chi connectivity index (χ4n) is 4.95. The number of carbonyl (C=O) groups is 1. The molecule has 0 spiro atoms. The van der Waals surface area contributed by atoms with Gasteiger partial charge in [-0.1, -0.05) is 123 Å². The predicted octanol–water partition coefficient (Wildman–Crippen LogP) is 6.70. The number of nitrogens with zero attached hydrogens (tertiary/aromatic N) is 3. The first-order valence-electron chi connectivity index (χ1n) is 14.5. The minimum atomic E-state index is -0.0810. The van der Waals surface area contributed by atoms with Gasteiger partial charge < -0.3 is 4.90 Å². The van der Waals surface area contributed by atoms with Crippen molar-refractivity contribution in [1.29, 1.82) is 0 Å². The normalized spacial score (nSPS) is 18.4. The highest BCUT2D eigenvalue weighted by molar-refractivity contribution is 8.30. The molecule has 0 radical (unpaired) electrons. The Kier molecular flexibility index (Phi) is 10.3. The monoisotopic (exact) mass is 633 g/mol. The molecule has 2 aromatic carbocycles. The molecule has 0 N–H and O–H groups in total. The van der Waals surface area contributed by atoms with Crippen molar-refractivity contribution < 1.29 is 4.79 Å². The number of thiocarbonyl (C=S) groups is 1. The predicted molar refractivity (Wildman–Crippen MR) is 185 cm³/mol. The van der Waals surface area contributed by atoms with Gasteiger partial charge in [0, 0.05) is 24.5 Å². The summed E-state index contributed by atoms with van der Waals surface area (Å²) >= 11 is 10.0. The number of hydrogen-bond acceptors (Lipinski definition) is 7. The lowest BCUT2D eigenvalue weighted by atomic mass is 10.1. The molecular formula is C33H35N3O2S4. The van der Waals surface area contributed by atoms with Crippen LogP contribution in [0.15, 0.2) is 76.6 Å². The number of allylic oxidation sites excluding steroid dienone is 1. The first kappa shape index (κ1) is 30.6. The van der Waals surface area contributed by atoms with Gasteiger partial charge in [0.05, 0.1) is 15.3 Å². The average molecular weight is 634 g/mol. The molecule has 0 atom stereocenters. The lowest BCUT2D eigenvalue weighted by molar-refractivity contribution is -0.120. The molecule has 3 heterocycles. The summed E-state index contributed by atoms with van der Waals surface area (Å²) in [7, 11) is 0. The van der Waals surface area contributed by atoms with Gasteiger partial charge in [-0.25, -0.2) is 0 Å². The van der Waals surface area contributed by atoms with Crippen molar-refractivity contribution in [2.24, 2.45) is 0 Å². The van der Waals surface area contributed by atoms with E-state index in [1.807, 2.05) is 18.2 Å². The summed E-state index contributed by atoms with van der Waals surface area (Å²) in [6, 6.07) is 20.9. The van der Waals surface area contributed by atoms with Gasteiger partial charge in [0.15, 0.2) is 0 Å². The van der Waals surface area contributed by atoms with E-state index in [-0.39, 0.29) is 11.5 Å². The van der Waals surface area contributed by atoms with E-state index in [2.05, 4.69) is 80.3 Å². The van der Waals surface area contributed by atoms with Crippen LogP contribution in [0.4, 0.5) is 0 Å². The molecule has 42 heavy (non-hydrogen) atoms. The maximum Gasteiger partial charge on any atom is 0.269 e. The molecular weight excluding hydrogens is 599 g/mol. The first-order chi connectivity index (χ1) is 20.5. The third-order valence-electron chi connectivity index (χ3n) is 7.16. The largest absolute Gasteiger partial charge is 0.335 e. The van der Waals surface area contributed by atoms with Crippen molar-refractivity contribution in [3.8, 4) is 0 Å². The molecule has 218 valence electrons. The Balaban J connectivity index is 1.60. The van der Waals surface area contributed by atoms with Gasteiger partial charge in [-0.3, -0.25) is 19.1 Å². The number of thiazole rings is 1. The Hall–Kier alpha value is -2.85. The summed E-state index contributed by atoms with van der Waals surface area (Å²) in [4.78, 5) is 32.9. The van der Waals surface area contributed by atoms with E-state index < -0.39 is 0 Å². The summed E-state index contributed by atoms with van der Waals surface area (Å²) in [5, 5.41) is 1.07. The van der Waals surface area contributed by atoms with Crippen molar-refractivity contribution in [3.63, 3.8) is 0 Å². The molecule has 9 heteroatoms. The maximum atomic E-state index is 13.7. The van der Waals surface area contributed by atoms with Gasteiger partial charge in [-0.2, -0.15) is 0 Å². The van der Waals surface area contributed by atoms with Gasteiger partial charge in [0.25, 0.3) is 11.5 Å².